The molecule has 2 aromatic rings. The maximum atomic E-state index is 12.1. The summed E-state index contributed by atoms with van der Waals surface area (Å²) in [5, 5.41) is 0. The molecule has 0 radical (unpaired) electrons. The largest absolute Gasteiger partial charge is 0.482 e. The monoisotopic (exact) mass is 393 g/mol. The van der Waals surface area contributed by atoms with Crippen molar-refractivity contribution in [3.63, 3.8) is 0 Å². The Balaban J connectivity index is 1.70. The molecule has 2 aromatic carbocycles. The molecule has 1 aliphatic heterocycles. The third-order valence-corrected chi connectivity index (χ3v) is 4.22. The smallest absolute Gasteiger partial charge is 0.265 e. The number of carbonyl (C=O) groups excluding carboxylic acids is 1. The van der Waals surface area contributed by atoms with Gasteiger partial charge in [0.05, 0.1) is 5.69 Å². The highest BCUT2D eigenvalue weighted by molar-refractivity contribution is 14.1. The fraction of sp³-hybridized carbons (Fsp3) is 0.235. The minimum atomic E-state index is 0.0394. The lowest BCUT2D eigenvalue weighted by atomic mass is 10.1. The first-order valence-electron chi connectivity index (χ1n) is 7.01. The second kappa shape index (κ2) is 6.47. The fourth-order valence-electron chi connectivity index (χ4n) is 2.51. The maximum Gasteiger partial charge on any atom is 0.265 e. The summed E-state index contributed by atoms with van der Waals surface area (Å²) in [5.41, 5.74) is 2.20. The number of nitrogens with zero attached hydrogens (tertiary/aromatic N) is 1. The van der Waals surface area contributed by atoms with E-state index in [-0.39, 0.29) is 12.5 Å². The molecule has 1 amide bonds. The molecule has 21 heavy (non-hydrogen) atoms. The minimum Gasteiger partial charge on any atom is -0.482 e. The van der Waals surface area contributed by atoms with Crippen molar-refractivity contribution in [2.75, 3.05) is 18.1 Å². The van der Waals surface area contributed by atoms with Crippen LogP contribution >= 0.6 is 22.6 Å². The predicted octanol–water partition coefficient (Wildman–Crippen LogP) is 3.65. The molecule has 0 spiro atoms. The Hall–Kier alpha value is -1.56. The van der Waals surface area contributed by atoms with Crippen molar-refractivity contribution in [1.29, 1.82) is 0 Å². The number of halogens is 1. The number of anilines is 1. The lowest BCUT2D eigenvalue weighted by Gasteiger charge is -2.29. The first-order chi connectivity index (χ1) is 10.2. The van der Waals surface area contributed by atoms with Crippen molar-refractivity contribution in [3.8, 4) is 5.75 Å². The zero-order valence-corrected chi connectivity index (χ0v) is 13.7. The Bertz CT molecular complexity index is 642. The molecule has 3 rings (SSSR count). The van der Waals surface area contributed by atoms with Gasteiger partial charge in [0.2, 0.25) is 0 Å². The van der Waals surface area contributed by atoms with E-state index in [1.54, 1.807) is 0 Å². The second-order valence-electron chi connectivity index (χ2n) is 5.04. The second-order valence-corrected chi connectivity index (χ2v) is 6.28. The van der Waals surface area contributed by atoms with E-state index in [1.165, 1.54) is 5.56 Å². The van der Waals surface area contributed by atoms with Crippen LogP contribution in [0.2, 0.25) is 0 Å². The molecule has 108 valence electrons. The molecule has 1 aliphatic rings. The number of amides is 1. The Morgan fingerprint density at radius 2 is 1.95 bits per heavy atom. The SMILES string of the molecule is O=C1COc2ccc(I)cc2N1CCCc1ccccc1. The number of hydrogen-bond acceptors (Lipinski definition) is 2. The Labute approximate surface area is 138 Å². The van der Waals surface area contributed by atoms with Crippen molar-refractivity contribution >= 4 is 34.2 Å². The van der Waals surface area contributed by atoms with Crippen LogP contribution in [0, 0.1) is 3.57 Å². The molecule has 0 bridgehead atoms. The van der Waals surface area contributed by atoms with E-state index >= 15 is 0 Å². The highest BCUT2D eigenvalue weighted by atomic mass is 127. The molecule has 0 aliphatic carbocycles. The van der Waals surface area contributed by atoms with E-state index < -0.39 is 0 Å². The normalized spacial score (nSPS) is 13.8. The van der Waals surface area contributed by atoms with E-state index in [1.807, 2.05) is 41.3 Å². The number of ether oxygens (including phenoxy) is 1. The van der Waals surface area contributed by atoms with Crippen molar-refractivity contribution in [3.05, 3.63) is 57.7 Å². The Morgan fingerprint density at radius 1 is 1.14 bits per heavy atom. The van der Waals surface area contributed by atoms with E-state index in [4.69, 9.17) is 4.74 Å². The van der Waals surface area contributed by atoms with Crippen molar-refractivity contribution in [1.82, 2.24) is 0 Å². The highest BCUT2D eigenvalue weighted by Crippen LogP contribution is 2.33. The number of hydrogen-bond donors (Lipinski definition) is 0. The number of benzene rings is 2. The van der Waals surface area contributed by atoms with E-state index in [0.29, 0.717) is 0 Å². The van der Waals surface area contributed by atoms with Gasteiger partial charge in [0, 0.05) is 10.1 Å². The molecule has 0 aromatic heterocycles. The summed E-state index contributed by atoms with van der Waals surface area (Å²) in [4.78, 5) is 14.0. The summed E-state index contributed by atoms with van der Waals surface area (Å²) in [6.45, 7) is 0.864. The quantitative estimate of drug-likeness (QED) is 0.743. The molecule has 0 unspecified atom stereocenters. The summed E-state index contributed by atoms with van der Waals surface area (Å²) in [5.74, 6) is 0.840. The van der Waals surface area contributed by atoms with Crippen LogP contribution in [0.1, 0.15) is 12.0 Å². The average Bonchev–Trinajstić information content (AvgIpc) is 2.50. The van der Waals surface area contributed by atoms with E-state index in [0.717, 1.165) is 34.4 Å². The van der Waals surface area contributed by atoms with Gasteiger partial charge in [-0.2, -0.15) is 0 Å². The van der Waals surface area contributed by atoms with Gasteiger partial charge in [0.15, 0.2) is 6.61 Å². The Kier molecular flexibility index (Phi) is 4.43. The maximum absolute atomic E-state index is 12.1. The van der Waals surface area contributed by atoms with Gasteiger partial charge in [-0.1, -0.05) is 30.3 Å². The third kappa shape index (κ3) is 3.37. The van der Waals surface area contributed by atoms with Crippen molar-refractivity contribution in [2.45, 2.75) is 12.8 Å². The van der Waals surface area contributed by atoms with Gasteiger partial charge in [0.25, 0.3) is 5.91 Å². The highest BCUT2D eigenvalue weighted by Gasteiger charge is 2.25. The first-order valence-corrected chi connectivity index (χ1v) is 8.08. The van der Waals surface area contributed by atoms with Gasteiger partial charge in [-0.25, -0.2) is 0 Å². The molecular weight excluding hydrogens is 377 g/mol. The molecule has 3 nitrogen and oxygen atoms in total. The van der Waals surface area contributed by atoms with Gasteiger partial charge in [-0.05, 0) is 59.2 Å². The van der Waals surface area contributed by atoms with Gasteiger partial charge in [-0.15, -0.1) is 0 Å². The molecule has 0 N–H and O–H groups in total. The topological polar surface area (TPSA) is 29.5 Å². The van der Waals surface area contributed by atoms with Crippen LogP contribution in [-0.4, -0.2) is 19.1 Å². The van der Waals surface area contributed by atoms with Crippen molar-refractivity contribution in [2.24, 2.45) is 0 Å². The predicted molar refractivity (Wildman–Crippen MR) is 91.8 cm³/mol. The van der Waals surface area contributed by atoms with Crippen LogP contribution < -0.4 is 9.64 Å². The van der Waals surface area contributed by atoms with Crippen LogP contribution in [0.15, 0.2) is 48.5 Å². The molecule has 0 fully saturated rings. The Morgan fingerprint density at radius 3 is 2.76 bits per heavy atom. The van der Waals surface area contributed by atoms with Gasteiger partial charge in [0.1, 0.15) is 5.75 Å². The number of rotatable bonds is 4. The third-order valence-electron chi connectivity index (χ3n) is 3.55. The molecule has 0 saturated carbocycles. The molecule has 1 heterocycles. The van der Waals surface area contributed by atoms with Gasteiger partial charge < -0.3 is 9.64 Å². The summed E-state index contributed by atoms with van der Waals surface area (Å²) in [6, 6.07) is 16.3. The minimum absolute atomic E-state index is 0.0394. The van der Waals surface area contributed by atoms with Crippen molar-refractivity contribution < 1.29 is 9.53 Å². The molecule has 0 saturated heterocycles. The lowest BCUT2D eigenvalue weighted by molar-refractivity contribution is -0.121. The first kappa shape index (κ1) is 14.4. The van der Waals surface area contributed by atoms with Crippen LogP contribution in [0.4, 0.5) is 5.69 Å². The lowest BCUT2D eigenvalue weighted by Crippen LogP contribution is -2.39. The van der Waals surface area contributed by atoms with Gasteiger partial charge in [-0.3, -0.25) is 4.79 Å². The zero-order valence-electron chi connectivity index (χ0n) is 11.6. The number of fused-ring (bicyclic) bond motifs is 1. The zero-order chi connectivity index (χ0) is 14.7. The van der Waals surface area contributed by atoms with Crippen LogP contribution in [0.5, 0.6) is 5.75 Å². The van der Waals surface area contributed by atoms with Crippen LogP contribution in [0.25, 0.3) is 0 Å². The summed E-state index contributed by atoms with van der Waals surface area (Å²) >= 11 is 2.26. The fourth-order valence-corrected chi connectivity index (χ4v) is 2.98. The summed E-state index contributed by atoms with van der Waals surface area (Å²) < 4.78 is 6.60. The van der Waals surface area contributed by atoms with Crippen LogP contribution in [-0.2, 0) is 11.2 Å². The number of carbonyl (C=O) groups is 1. The average molecular weight is 393 g/mol. The molecule has 0 atom stereocenters. The van der Waals surface area contributed by atoms with E-state index in [9.17, 15) is 4.79 Å². The number of aryl methyl sites for hydroxylation is 1. The van der Waals surface area contributed by atoms with E-state index in [2.05, 4.69) is 34.7 Å². The summed E-state index contributed by atoms with van der Waals surface area (Å²) in [6.07, 6.45) is 1.92. The van der Waals surface area contributed by atoms with Gasteiger partial charge >= 0.3 is 0 Å². The summed E-state index contributed by atoms with van der Waals surface area (Å²) in [7, 11) is 0. The van der Waals surface area contributed by atoms with Crippen LogP contribution in [0.3, 0.4) is 0 Å². The molecular formula is C17H16INO2. The molecule has 4 heteroatoms. The standard InChI is InChI=1S/C17H16INO2/c18-14-8-9-16-15(11-14)19(17(20)12-21-16)10-4-7-13-5-2-1-3-6-13/h1-3,5-6,8-9,11H,4,7,10,12H2.